The Morgan fingerprint density at radius 2 is 2.20 bits per heavy atom. The molecule has 0 radical (unpaired) electrons. The fraction of sp³-hybridized carbons (Fsp3) is 0.333. The minimum absolute atomic E-state index is 0.0831. The van der Waals surface area contributed by atoms with Crippen molar-refractivity contribution in [3.8, 4) is 5.75 Å². The Bertz CT molecular complexity index is 1230. The molecule has 0 saturated heterocycles. The van der Waals surface area contributed by atoms with Gasteiger partial charge in [-0.15, -0.1) is 11.8 Å². The summed E-state index contributed by atoms with van der Waals surface area (Å²) in [6, 6.07) is 5.48. The molecule has 1 unspecified atom stereocenters. The van der Waals surface area contributed by atoms with Crippen LogP contribution < -0.4 is 21.4 Å². The number of nitrogens with one attached hydrogen (secondary N) is 3. The van der Waals surface area contributed by atoms with E-state index in [-0.39, 0.29) is 6.54 Å². The van der Waals surface area contributed by atoms with E-state index in [0.717, 1.165) is 11.3 Å². The SMILES string of the molecule is CCOc1ccc(C2=CSCN2NC(O)Cn2[nH]c3c2c(=O)[nH]c(=O)n3C)c(Cl)c1. The van der Waals surface area contributed by atoms with E-state index in [2.05, 4.69) is 15.5 Å². The molecule has 12 heteroatoms. The zero-order chi connectivity index (χ0) is 21.4. The standard InChI is InChI=1S/C18H21ClN6O4S/c1-3-29-10-4-5-11(12(19)6-10)13-8-30-9-25(13)21-14(26)7-24-15-16(22-24)23(2)18(28)20-17(15)27/h4-6,8,14,21-22,26H,3,7,9H2,1-2H3,(H,20,27,28). The lowest BCUT2D eigenvalue weighted by Gasteiger charge is -2.28. The van der Waals surface area contributed by atoms with Gasteiger partial charge in [-0.1, -0.05) is 11.6 Å². The molecule has 0 amide bonds. The Morgan fingerprint density at radius 1 is 1.40 bits per heavy atom. The van der Waals surface area contributed by atoms with Gasteiger partial charge in [0.1, 0.15) is 12.0 Å². The summed E-state index contributed by atoms with van der Waals surface area (Å²) >= 11 is 7.99. The molecule has 2 aromatic heterocycles. The van der Waals surface area contributed by atoms with Gasteiger partial charge in [-0.3, -0.25) is 29.1 Å². The van der Waals surface area contributed by atoms with E-state index in [1.165, 1.54) is 9.25 Å². The first kappa shape index (κ1) is 20.7. The van der Waals surface area contributed by atoms with Crippen molar-refractivity contribution < 1.29 is 9.84 Å². The molecule has 30 heavy (non-hydrogen) atoms. The van der Waals surface area contributed by atoms with Crippen LogP contribution in [0.25, 0.3) is 16.9 Å². The quantitative estimate of drug-likeness (QED) is 0.398. The van der Waals surface area contributed by atoms with Crippen molar-refractivity contribution in [2.45, 2.75) is 19.7 Å². The molecule has 1 aromatic carbocycles. The molecule has 1 aliphatic heterocycles. The number of benzene rings is 1. The van der Waals surface area contributed by atoms with Crippen LogP contribution in [0.1, 0.15) is 12.5 Å². The van der Waals surface area contributed by atoms with Gasteiger partial charge < -0.3 is 9.84 Å². The first-order chi connectivity index (χ1) is 14.4. The van der Waals surface area contributed by atoms with E-state index >= 15 is 0 Å². The minimum Gasteiger partial charge on any atom is -0.494 e. The van der Waals surface area contributed by atoms with E-state index in [0.29, 0.717) is 34.4 Å². The van der Waals surface area contributed by atoms with Crippen molar-refractivity contribution in [3.05, 3.63) is 55.0 Å². The van der Waals surface area contributed by atoms with Gasteiger partial charge >= 0.3 is 5.69 Å². The molecule has 4 N–H and O–H groups in total. The highest BCUT2D eigenvalue weighted by Crippen LogP contribution is 2.35. The van der Waals surface area contributed by atoms with Crippen molar-refractivity contribution in [2.75, 3.05) is 12.5 Å². The molecule has 0 spiro atoms. The molecule has 0 fully saturated rings. The maximum atomic E-state index is 12.0. The predicted molar refractivity (Wildman–Crippen MR) is 116 cm³/mol. The smallest absolute Gasteiger partial charge is 0.329 e. The van der Waals surface area contributed by atoms with E-state index < -0.39 is 17.5 Å². The maximum Gasteiger partial charge on any atom is 0.329 e. The fourth-order valence-electron chi connectivity index (χ4n) is 3.25. The Hall–Kier alpha value is -2.60. The summed E-state index contributed by atoms with van der Waals surface area (Å²) in [7, 11) is 1.55. The van der Waals surface area contributed by atoms with Gasteiger partial charge in [-0.25, -0.2) is 10.2 Å². The molecule has 0 bridgehead atoms. The lowest BCUT2D eigenvalue weighted by molar-refractivity contribution is 0.0591. The third-order valence-electron chi connectivity index (χ3n) is 4.69. The number of aromatic amines is 2. The summed E-state index contributed by atoms with van der Waals surface area (Å²) in [5.41, 5.74) is 4.36. The number of hydrogen-bond donors (Lipinski definition) is 4. The zero-order valence-corrected chi connectivity index (χ0v) is 17.9. The van der Waals surface area contributed by atoms with Gasteiger partial charge in [0, 0.05) is 12.6 Å². The van der Waals surface area contributed by atoms with Crippen LogP contribution in [0.2, 0.25) is 5.02 Å². The van der Waals surface area contributed by atoms with Gasteiger partial charge in [0.25, 0.3) is 5.56 Å². The summed E-state index contributed by atoms with van der Waals surface area (Å²) < 4.78 is 8.26. The number of aliphatic hydroxyl groups is 1. The number of fused-ring (bicyclic) bond motifs is 1. The van der Waals surface area contributed by atoms with Crippen LogP contribution in [0.15, 0.2) is 33.2 Å². The molecule has 160 valence electrons. The van der Waals surface area contributed by atoms with Gasteiger partial charge in [0.05, 0.1) is 29.7 Å². The van der Waals surface area contributed by atoms with E-state index in [1.54, 1.807) is 29.9 Å². The molecule has 1 aliphatic rings. The van der Waals surface area contributed by atoms with Crippen LogP contribution in [0, 0.1) is 0 Å². The molecule has 0 aliphatic carbocycles. The maximum absolute atomic E-state index is 12.0. The Morgan fingerprint density at radius 3 is 2.93 bits per heavy atom. The number of hydrogen-bond acceptors (Lipinski definition) is 7. The van der Waals surface area contributed by atoms with E-state index in [9.17, 15) is 14.7 Å². The van der Waals surface area contributed by atoms with Crippen LogP contribution in [-0.4, -0.2) is 48.2 Å². The number of rotatable bonds is 7. The number of nitrogens with zero attached hydrogens (tertiary/aromatic N) is 3. The van der Waals surface area contributed by atoms with Crippen molar-refractivity contribution in [1.29, 1.82) is 0 Å². The van der Waals surface area contributed by atoms with Crippen LogP contribution in [0.3, 0.4) is 0 Å². The number of aryl methyl sites for hydroxylation is 1. The monoisotopic (exact) mass is 452 g/mol. The highest BCUT2D eigenvalue weighted by molar-refractivity contribution is 8.02. The molecular formula is C18H21ClN6O4S. The summed E-state index contributed by atoms with van der Waals surface area (Å²) in [6.45, 7) is 2.54. The lowest BCUT2D eigenvalue weighted by atomic mass is 10.1. The highest BCUT2D eigenvalue weighted by Gasteiger charge is 2.23. The molecule has 10 nitrogen and oxygen atoms in total. The number of hydrazine groups is 1. The fourth-order valence-corrected chi connectivity index (χ4v) is 4.36. The molecule has 1 atom stereocenters. The first-order valence-electron chi connectivity index (χ1n) is 9.22. The van der Waals surface area contributed by atoms with Gasteiger partial charge in [0.15, 0.2) is 11.2 Å². The number of ether oxygens (including phenoxy) is 1. The lowest BCUT2D eigenvalue weighted by Crippen LogP contribution is -2.45. The number of thioether (sulfide) groups is 1. The zero-order valence-electron chi connectivity index (χ0n) is 16.3. The Labute approximate surface area is 180 Å². The van der Waals surface area contributed by atoms with Crippen molar-refractivity contribution >= 4 is 40.2 Å². The van der Waals surface area contributed by atoms with Crippen molar-refractivity contribution in [3.63, 3.8) is 0 Å². The molecule has 4 rings (SSSR count). The van der Waals surface area contributed by atoms with E-state index in [4.69, 9.17) is 16.3 Å². The number of aromatic nitrogens is 4. The van der Waals surface area contributed by atoms with Gasteiger partial charge in [-0.2, -0.15) is 0 Å². The third kappa shape index (κ3) is 3.76. The second-order valence-corrected chi connectivity index (χ2v) is 7.92. The third-order valence-corrected chi connectivity index (χ3v) is 5.80. The largest absolute Gasteiger partial charge is 0.494 e. The van der Waals surface area contributed by atoms with Crippen molar-refractivity contribution in [2.24, 2.45) is 7.05 Å². The minimum atomic E-state index is -0.995. The normalized spacial score (nSPS) is 15.1. The summed E-state index contributed by atoms with van der Waals surface area (Å²) in [4.78, 5) is 25.9. The molecular weight excluding hydrogens is 432 g/mol. The van der Waals surface area contributed by atoms with Gasteiger partial charge in [-0.05, 0) is 30.5 Å². The highest BCUT2D eigenvalue weighted by atomic mass is 35.5. The van der Waals surface area contributed by atoms with E-state index in [1.807, 2.05) is 24.5 Å². The van der Waals surface area contributed by atoms with Crippen LogP contribution in [-0.2, 0) is 13.6 Å². The Kier molecular flexibility index (Phi) is 5.69. The summed E-state index contributed by atoms with van der Waals surface area (Å²) in [5, 5.41) is 17.7. The molecule has 0 saturated carbocycles. The molecule has 3 heterocycles. The average molecular weight is 453 g/mol. The topological polar surface area (TPSA) is 120 Å². The average Bonchev–Trinajstić information content (AvgIpc) is 3.11. The second-order valence-electron chi connectivity index (χ2n) is 6.68. The Balaban J connectivity index is 1.48. The first-order valence-corrected chi connectivity index (χ1v) is 10.7. The van der Waals surface area contributed by atoms with Gasteiger partial charge in [0.2, 0.25) is 0 Å². The van der Waals surface area contributed by atoms with Crippen molar-refractivity contribution in [1.82, 2.24) is 29.8 Å². The second kappa shape index (κ2) is 8.26. The number of halogens is 1. The predicted octanol–water partition coefficient (Wildman–Crippen LogP) is 1.24. The number of aliphatic hydroxyl groups excluding tert-OH is 1. The summed E-state index contributed by atoms with van der Waals surface area (Å²) in [6.07, 6.45) is -0.995. The molecule has 3 aromatic rings. The van der Waals surface area contributed by atoms with Crippen LogP contribution >= 0.6 is 23.4 Å². The van der Waals surface area contributed by atoms with Crippen LogP contribution in [0.4, 0.5) is 0 Å². The summed E-state index contributed by atoms with van der Waals surface area (Å²) in [5.74, 6) is 1.27. The number of H-pyrrole nitrogens is 2. The van der Waals surface area contributed by atoms with Crippen LogP contribution in [0.5, 0.6) is 5.75 Å².